The van der Waals surface area contributed by atoms with E-state index in [1.54, 1.807) is 0 Å². The molecular weight excluding hydrogens is 324 g/mol. The fraction of sp³-hybridized carbons (Fsp3) is 0.750. The van der Waals surface area contributed by atoms with Crippen LogP contribution in [0.25, 0.3) is 5.65 Å². The summed E-state index contributed by atoms with van der Waals surface area (Å²) in [5.41, 5.74) is 2.12. The van der Waals surface area contributed by atoms with Crippen molar-refractivity contribution in [1.82, 2.24) is 29.6 Å². The molecule has 2 aliphatic heterocycles. The minimum absolute atomic E-state index is 0.498. The highest BCUT2D eigenvalue weighted by atomic mass is 15.4. The first-order chi connectivity index (χ1) is 12.9. The van der Waals surface area contributed by atoms with Gasteiger partial charge in [-0.25, -0.2) is 0 Å². The second-order valence-electron chi connectivity index (χ2n) is 8.38. The van der Waals surface area contributed by atoms with Crippen LogP contribution in [0.1, 0.15) is 68.3 Å². The smallest absolute Gasteiger partial charge is 0.177 e. The summed E-state index contributed by atoms with van der Waals surface area (Å²) in [5, 5.41) is 13.7. The lowest BCUT2D eigenvalue weighted by Crippen LogP contribution is -2.41. The van der Waals surface area contributed by atoms with E-state index in [1.807, 2.05) is 4.52 Å². The largest absolute Gasteiger partial charge is 0.302 e. The van der Waals surface area contributed by atoms with Crippen LogP contribution in [-0.2, 0) is 0 Å². The van der Waals surface area contributed by atoms with Gasteiger partial charge in [0.2, 0.25) is 0 Å². The number of aromatic nitrogens is 4. The topological polar surface area (TPSA) is 49.6 Å². The van der Waals surface area contributed by atoms with Crippen molar-refractivity contribution in [2.75, 3.05) is 39.3 Å². The van der Waals surface area contributed by atoms with Crippen LogP contribution in [0, 0.1) is 0 Å². The molecule has 140 valence electrons. The highest BCUT2D eigenvalue weighted by molar-refractivity contribution is 5.38. The Morgan fingerprint density at radius 2 is 1.50 bits per heavy atom. The average Bonchev–Trinajstić information content (AvgIpc) is 3.47. The lowest BCUT2D eigenvalue weighted by Gasteiger charge is -2.34. The molecule has 0 amide bonds. The van der Waals surface area contributed by atoms with Crippen LogP contribution < -0.4 is 0 Å². The summed E-state index contributed by atoms with van der Waals surface area (Å²) < 4.78 is 2.03. The van der Waals surface area contributed by atoms with Crippen LogP contribution >= 0.6 is 0 Å². The number of rotatable bonds is 5. The zero-order chi connectivity index (χ0) is 17.3. The van der Waals surface area contributed by atoms with Gasteiger partial charge in [0.1, 0.15) is 0 Å². The quantitative estimate of drug-likeness (QED) is 0.826. The maximum absolute atomic E-state index is 4.86. The molecule has 5 rings (SSSR count). The second-order valence-corrected chi connectivity index (χ2v) is 8.38. The zero-order valence-electron chi connectivity index (χ0n) is 15.7. The van der Waals surface area contributed by atoms with Gasteiger partial charge >= 0.3 is 0 Å². The summed E-state index contributed by atoms with van der Waals surface area (Å²) in [7, 11) is 0. The number of hydrogen-bond acceptors (Lipinski definition) is 5. The van der Waals surface area contributed by atoms with Crippen molar-refractivity contribution in [2.45, 2.75) is 56.8 Å². The van der Waals surface area contributed by atoms with Crippen LogP contribution in [0.4, 0.5) is 0 Å². The van der Waals surface area contributed by atoms with E-state index in [0.717, 1.165) is 11.5 Å². The van der Waals surface area contributed by atoms with Crippen molar-refractivity contribution in [3.63, 3.8) is 0 Å². The molecule has 0 radical (unpaired) electrons. The Labute approximate surface area is 155 Å². The van der Waals surface area contributed by atoms with Gasteiger partial charge in [-0.2, -0.15) is 9.61 Å². The van der Waals surface area contributed by atoms with Gasteiger partial charge in [0, 0.05) is 24.9 Å². The van der Waals surface area contributed by atoms with E-state index >= 15 is 0 Å². The molecule has 2 saturated heterocycles. The van der Waals surface area contributed by atoms with Gasteiger partial charge in [-0.15, -0.1) is 10.2 Å². The third-order valence-corrected chi connectivity index (χ3v) is 6.44. The van der Waals surface area contributed by atoms with E-state index in [9.17, 15) is 0 Å². The standard InChI is InChI=1S/C20H30N6/c1-2-10-24(11-3-1)14-15-25-12-8-17(9-13-25)20-22-21-19-7-6-18(16-4-5-16)23-26(19)20/h6-7,16-17H,1-5,8-15H2. The van der Waals surface area contributed by atoms with E-state index in [0.29, 0.717) is 11.8 Å². The van der Waals surface area contributed by atoms with E-state index in [4.69, 9.17) is 5.10 Å². The summed E-state index contributed by atoms with van der Waals surface area (Å²) in [5.74, 6) is 2.25. The molecule has 2 aromatic rings. The highest BCUT2D eigenvalue weighted by Crippen LogP contribution is 2.39. The average molecular weight is 355 g/mol. The van der Waals surface area contributed by atoms with Gasteiger partial charge in [0.05, 0.1) is 5.69 Å². The second kappa shape index (κ2) is 7.24. The number of nitrogens with zero attached hydrogens (tertiary/aromatic N) is 6. The summed E-state index contributed by atoms with van der Waals surface area (Å²) in [6, 6.07) is 4.22. The molecule has 0 spiro atoms. The third kappa shape index (κ3) is 3.49. The van der Waals surface area contributed by atoms with Crippen LogP contribution in [0.3, 0.4) is 0 Å². The van der Waals surface area contributed by atoms with Gasteiger partial charge in [-0.3, -0.25) is 0 Å². The Kier molecular flexibility index (Phi) is 4.63. The summed E-state index contributed by atoms with van der Waals surface area (Å²) >= 11 is 0. The van der Waals surface area contributed by atoms with Crippen LogP contribution in [0.15, 0.2) is 12.1 Å². The van der Waals surface area contributed by atoms with Gasteiger partial charge in [0.25, 0.3) is 0 Å². The fourth-order valence-electron chi connectivity index (χ4n) is 4.55. The molecule has 0 N–H and O–H groups in total. The van der Waals surface area contributed by atoms with E-state index in [-0.39, 0.29) is 0 Å². The number of likely N-dealkylation sites (tertiary alicyclic amines) is 2. The lowest BCUT2D eigenvalue weighted by molar-refractivity contribution is 0.157. The van der Waals surface area contributed by atoms with E-state index in [1.165, 1.54) is 89.9 Å². The van der Waals surface area contributed by atoms with Gasteiger partial charge in [0.15, 0.2) is 11.5 Å². The number of fused-ring (bicyclic) bond motifs is 1. The van der Waals surface area contributed by atoms with E-state index in [2.05, 4.69) is 32.1 Å². The van der Waals surface area contributed by atoms with Crippen molar-refractivity contribution >= 4 is 5.65 Å². The molecule has 26 heavy (non-hydrogen) atoms. The van der Waals surface area contributed by atoms with Crippen LogP contribution in [0.2, 0.25) is 0 Å². The Balaban J connectivity index is 1.20. The van der Waals surface area contributed by atoms with Crippen LogP contribution in [-0.4, -0.2) is 68.9 Å². The predicted molar refractivity (Wildman–Crippen MR) is 101 cm³/mol. The molecule has 1 saturated carbocycles. The first kappa shape index (κ1) is 16.6. The Hall–Kier alpha value is -1.53. The summed E-state index contributed by atoms with van der Waals surface area (Å²) in [4.78, 5) is 5.28. The molecular formula is C20H30N6. The molecule has 6 nitrogen and oxygen atoms in total. The number of hydrogen-bond donors (Lipinski definition) is 0. The molecule has 0 aromatic carbocycles. The summed E-state index contributed by atoms with van der Waals surface area (Å²) in [6.07, 6.45) is 9.11. The summed E-state index contributed by atoms with van der Waals surface area (Å²) in [6.45, 7) is 7.42. The SMILES string of the molecule is c1cc2nnc(C3CCN(CCN4CCCCC4)CC3)n2nc1C1CC1. The van der Waals surface area contributed by atoms with E-state index < -0.39 is 0 Å². The predicted octanol–water partition coefficient (Wildman–Crippen LogP) is 2.67. The van der Waals surface area contributed by atoms with Gasteiger partial charge in [-0.05, 0) is 76.8 Å². The highest BCUT2D eigenvalue weighted by Gasteiger charge is 2.28. The Morgan fingerprint density at radius 1 is 0.769 bits per heavy atom. The monoisotopic (exact) mass is 354 g/mol. The number of piperidine rings is 2. The fourth-order valence-corrected chi connectivity index (χ4v) is 4.55. The molecule has 3 aliphatic rings. The van der Waals surface area contributed by atoms with Crippen molar-refractivity contribution in [3.8, 4) is 0 Å². The third-order valence-electron chi connectivity index (χ3n) is 6.44. The molecule has 3 fully saturated rings. The molecule has 1 aliphatic carbocycles. The molecule has 0 bridgehead atoms. The Bertz CT molecular complexity index is 738. The van der Waals surface area contributed by atoms with Gasteiger partial charge in [-0.1, -0.05) is 6.42 Å². The molecule has 6 heteroatoms. The Morgan fingerprint density at radius 3 is 2.23 bits per heavy atom. The van der Waals surface area contributed by atoms with Crippen molar-refractivity contribution < 1.29 is 0 Å². The van der Waals surface area contributed by atoms with Gasteiger partial charge < -0.3 is 9.80 Å². The zero-order valence-corrected chi connectivity index (χ0v) is 15.7. The van der Waals surface area contributed by atoms with Crippen molar-refractivity contribution in [1.29, 1.82) is 0 Å². The van der Waals surface area contributed by atoms with Crippen LogP contribution in [0.5, 0.6) is 0 Å². The normalized spacial score (nSPS) is 23.7. The first-order valence-corrected chi connectivity index (χ1v) is 10.5. The van der Waals surface area contributed by atoms with Crippen molar-refractivity contribution in [2.24, 2.45) is 0 Å². The van der Waals surface area contributed by atoms with Crippen molar-refractivity contribution in [3.05, 3.63) is 23.7 Å². The minimum Gasteiger partial charge on any atom is -0.302 e. The molecule has 0 atom stereocenters. The molecule has 0 unspecified atom stereocenters. The minimum atomic E-state index is 0.498. The lowest BCUT2D eigenvalue weighted by atomic mass is 9.96. The molecule has 2 aromatic heterocycles. The maximum Gasteiger partial charge on any atom is 0.177 e. The molecule has 4 heterocycles. The maximum atomic E-state index is 4.86. The first-order valence-electron chi connectivity index (χ1n) is 10.5.